The highest BCUT2D eigenvalue weighted by molar-refractivity contribution is 6.01. The van der Waals surface area contributed by atoms with Crippen LogP contribution in [0.3, 0.4) is 0 Å². The van der Waals surface area contributed by atoms with Gasteiger partial charge in [0.05, 0.1) is 0 Å². The molecule has 2 rings (SSSR count). The van der Waals surface area contributed by atoms with E-state index in [9.17, 15) is 14.0 Å². The standard InChI is InChI=1S/C19H21FN2O2/c1-12(2)17(19(24)21-16-10-8-15(20)9-11-16)22-18(23)14-6-4-13(3)5-7-14/h4-12,17H,1-3H3,(H,21,24)(H,22,23)/t17-/m0/s1. The third-order valence-electron chi connectivity index (χ3n) is 3.66. The van der Waals surface area contributed by atoms with Crippen LogP contribution in [-0.4, -0.2) is 17.9 Å². The number of amides is 2. The van der Waals surface area contributed by atoms with E-state index in [0.717, 1.165) is 5.56 Å². The van der Waals surface area contributed by atoms with Crippen LogP contribution in [0.25, 0.3) is 0 Å². The van der Waals surface area contributed by atoms with Gasteiger partial charge in [-0.3, -0.25) is 9.59 Å². The van der Waals surface area contributed by atoms with E-state index >= 15 is 0 Å². The second kappa shape index (κ2) is 7.73. The van der Waals surface area contributed by atoms with Crippen LogP contribution in [0.15, 0.2) is 48.5 Å². The van der Waals surface area contributed by atoms with Crippen molar-refractivity contribution in [3.63, 3.8) is 0 Å². The molecule has 0 aliphatic rings. The molecule has 0 aromatic heterocycles. The first kappa shape index (κ1) is 17.7. The Hall–Kier alpha value is -2.69. The fraction of sp³-hybridized carbons (Fsp3) is 0.263. The van der Waals surface area contributed by atoms with Gasteiger partial charge in [-0.15, -0.1) is 0 Å². The van der Waals surface area contributed by atoms with Gasteiger partial charge in [0.1, 0.15) is 11.9 Å². The maximum Gasteiger partial charge on any atom is 0.251 e. The van der Waals surface area contributed by atoms with Gasteiger partial charge < -0.3 is 10.6 Å². The van der Waals surface area contributed by atoms with Crippen LogP contribution in [-0.2, 0) is 4.79 Å². The highest BCUT2D eigenvalue weighted by Gasteiger charge is 2.24. The van der Waals surface area contributed by atoms with E-state index in [2.05, 4.69) is 10.6 Å². The van der Waals surface area contributed by atoms with Crippen molar-refractivity contribution in [2.75, 3.05) is 5.32 Å². The average molecular weight is 328 g/mol. The van der Waals surface area contributed by atoms with Gasteiger partial charge in [-0.05, 0) is 49.2 Å². The normalized spacial score (nSPS) is 11.9. The monoisotopic (exact) mass is 328 g/mol. The van der Waals surface area contributed by atoms with E-state index in [1.165, 1.54) is 24.3 Å². The maximum absolute atomic E-state index is 12.9. The number of hydrogen-bond acceptors (Lipinski definition) is 2. The van der Waals surface area contributed by atoms with Crippen LogP contribution in [0.4, 0.5) is 10.1 Å². The number of nitrogens with one attached hydrogen (secondary N) is 2. The van der Waals surface area contributed by atoms with Crippen LogP contribution < -0.4 is 10.6 Å². The Labute approximate surface area is 141 Å². The lowest BCUT2D eigenvalue weighted by atomic mass is 10.0. The summed E-state index contributed by atoms with van der Waals surface area (Å²) in [6.07, 6.45) is 0. The fourth-order valence-corrected chi connectivity index (χ4v) is 2.22. The Morgan fingerprint density at radius 2 is 1.54 bits per heavy atom. The molecule has 5 heteroatoms. The van der Waals surface area contributed by atoms with Crippen LogP contribution in [0.5, 0.6) is 0 Å². The molecule has 4 nitrogen and oxygen atoms in total. The number of anilines is 1. The highest BCUT2D eigenvalue weighted by atomic mass is 19.1. The van der Waals surface area contributed by atoms with Crippen molar-refractivity contribution in [1.82, 2.24) is 5.32 Å². The maximum atomic E-state index is 12.9. The molecule has 2 N–H and O–H groups in total. The number of carbonyl (C=O) groups is 2. The second-order valence-electron chi connectivity index (χ2n) is 6.06. The molecule has 0 fully saturated rings. The molecular formula is C19H21FN2O2. The van der Waals surface area contributed by atoms with Gasteiger partial charge in [-0.1, -0.05) is 31.5 Å². The summed E-state index contributed by atoms with van der Waals surface area (Å²) in [5.74, 6) is -1.11. The van der Waals surface area contributed by atoms with Gasteiger partial charge in [0.2, 0.25) is 5.91 Å². The lowest BCUT2D eigenvalue weighted by molar-refractivity contribution is -0.118. The second-order valence-corrected chi connectivity index (χ2v) is 6.06. The van der Waals surface area contributed by atoms with Gasteiger partial charge in [0.25, 0.3) is 5.91 Å². The Kier molecular flexibility index (Phi) is 5.68. The smallest absolute Gasteiger partial charge is 0.251 e. The molecule has 2 amide bonds. The van der Waals surface area contributed by atoms with E-state index in [4.69, 9.17) is 0 Å². The van der Waals surface area contributed by atoms with Crippen molar-refractivity contribution in [2.24, 2.45) is 5.92 Å². The molecule has 2 aromatic rings. The molecule has 0 aliphatic carbocycles. The van der Waals surface area contributed by atoms with Gasteiger partial charge in [0.15, 0.2) is 0 Å². The zero-order chi connectivity index (χ0) is 17.7. The van der Waals surface area contributed by atoms with E-state index in [1.54, 1.807) is 12.1 Å². The van der Waals surface area contributed by atoms with Crippen molar-refractivity contribution < 1.29 is 14.0 Å². The van der Waals surface area contributed by atoms with E-state index in [1.807, 2.05) is 32.9 Å². The molecule has 24 heavy (non-hydrogen) atoms. The third-order valence-corrected chi connectivity index (χ3v) is 3.66. The summed E-state index contributed by atoms with van der Waals surface area (Å²) < 4.78 is 12.9. The summed E-state index contributed by atoms with van der Waals surface area (Å²) in [5.41, 5.74) is 2.04. The molecule has 0 radical (unpaired) electrons. The average Bonchev–Trinajstić information content (AvgIpc) is 2.54. The van der Waals surface area contributed by atoms with Crippen molar-refractivity contribution in [2.45, 2.75) is 26.8 Å². The molecule has 126 valence electrons. The molecule has 1 atom stereocenters. The number of carbonyl (C=O) groups excluding carboxylic acids is 2. The largest absolute Gasteiger partial charge is 0.340 e. The number of benzene rings is 2. The molecule has 0 unspecified atom stereocenters. The van der Waals surface area contributed by atoms with Crippen molar-refractivity contribution >= 4 is 17.5 Å². The minimum Gasteiger partial charge on any atom is -0.340 e. The first-order chi connectivity index (χ1) is 11.4. The SMILES string of the molecule is Cc1ccc(C(=O)N[C@H](C(=O)Nc2ccc(F)cc2)C(C)C)cc1. The molecule has 0 bridgehead atoms. The van der Waals surface area contributed by atoms with Crippen LogP contribution in [0.1, 0.15) is 29.8 Å². The summed E-state index contributed by atoms with van der Waals surface area (Å²) in [4.78, 5) is 24.8. The fourth-order valence-electron chi connectivity index (χ4n) is 2.22. The minimum absolute atomic E-state index is 0.0974. The topological polar surface area (TPSA) is 58.2 Å². The lowest BCUT2D eigenvalue weighted by Gasteiger charge is -2.22. The Morgan fingerprint density at radius 3 is 2.08 bits per heavy atom. The molecule has 0 saturated carbocycles. The number of halogens is 1. The third kappa shape index (κ3) is 4.65. The summed E-state index contributed by atoms with van der Waals surface area (Å²) in [6.45, 7) is 5.64. The van der Waals surface area contributed by atoms with Crippen LogP contribution in [0.2, 0.25) is 0 Å². The molecule has 0 heterocycles. The summed E-state index contributed by atoms with van der Waals surface area (Å²) in [5, 5.41) is 5.45. The van der Waals surface area contributed by atoms with Crippen molar-refractivity contribution in [3.8, 4) is 0 Å². The first-order valence-electron chi connectivity index (χ1n) is 7.81. The molecular weight excluding hydrogens is 307 g/mol. The Morgan fingerprint density at radius 1 is 0.958 bits per heavy atom. The van der Waals surface area contributed by atoms with Gasteiger partial charge in [0, 0.05) is 11.3 Å². The zero-order valence-corrected chi connectivity index (χ0v) is 14.0. The van der Waals surface area contributed by atoms with Gasteiger partial charge in [-0.25, -0.2) is 4.39 Å². The van der Waals surface area contributed by atoms with Gasteiger partial charge >= 0.3 is 0 Å². The molecule has 0 spiro atoms. The zero-order valence-electron chi connectivity index (χ0n) is 14.0. The Bertz CT molecular complexity index is 709. The van der Waals surface area contributed by atoms with E-state index < -0.39 is 6.04 Å². The summed E-state index contributed by atoms with van der Waals surface area (Å²) in [6, 6.07) is 11.9. The number of rotatable bonds is 5. The minimum atomic E-state index is -0.691. The highest BCUT2D eigenvalue weighted by Crippen LogP contribution is 2.12. The van der Waals surface area contributed by atoms with E-state index in [-0.39, 0.29) is 23.5 Å². The molecule has 0 saturated heterocycles. The predicted octanol–water partition coefficient (Wildman–Crippen LogP) is 3.53. The van der Waals surface area contributed by atoms with Crippen molar-refractivity contribution in [1.29, 1.82) is 0 Å². The van der Waals surface area contributed by atoms with Gasteiger partial charge in [-0.2, -0.15) is 0 Å². The molecule has 0 aliphatic heterocycles. The van der Waals surface area contributed by atoms with Crippen LogP contribution >= 0.6 is 0 Å². The molecule has 2 aromatic carbocycles. The van der Waals surface area contributed by atoms with Crippen LogP contribution in [0, 0.1) is 18.7 Å². The quantitative estimate of drug-likeness (QED) is 0.882. The Balaban J connectivity index is 2.07. The summed E-state index contributed by atoms with van der Waals surface area (Å²) >= 11 is 0. The first-order valence-corrected chi connectivity index (χ1v) is 7.81. The number of aryl methyl sites for hydroxylation is 1. The predicted molar refractivity (Wildman–Crippen MR) is 92.3 cm³/mol. The van der Waals surface area contributed by atoms with E-state index in [0.29, 0.717) is 11.3 Å². The lowest BCUT2D eigenvalue weighted by Crippen LogP contribution is -2.47. The summed E-state index contributed by atoms with van der Waals surface area (Å²) in [7, 11) is 0. The number of hydrogen-bond donors (Lipinski definition) is 2. The van der Waals surface area contributed by atoms with Crippen molar-refractivity contribution in [3.05, 3.63) is 65.5 Å².